The fourth-order valence-corrected chi connectivity index (χ4v) is 3.64. The first kappa shape index (κ1) is 20.8. The molecule has 0 radical (unpaired) electrons. The minimum Gasteiger partial charge on any atom is -0.394 e. The second kappa shape index (κ2) is 7.64. The number of hydrogen-bond donors (Lipinski definition) is 5. The highest BCUT2D eigenvalue weighted by molar-refractivity contribution is 5.83. The first-order valence-corrected chi connectivity index (χ1v) is 9.17. The van der Waals surface area contributed by atoms with Crippen LogP contribution in [0.15, 0.2) is 42.5 Å². The first-order valence-electron chi connectivity index (χ1n) is 9.17. The van der Waals surface area contributed by atoms with Crippen LogP contribution >= 0.6 is 0 Å². The molecule has 4 rings (SSSR count). The van der Waals surface area contributed by atoms with Crippen LogP contribution in [0, 0.1) is 0 Å². The molecule has 30 heavy (non-hydrogen) atoms. The van der Waals surface area contributed by atoms with Crippen molar-refractivity contribution in [3.8, 4) is 11.4 Å². The number of nitrogens with zero attached hydrogens (tertiary/aromatic N) is 1. The maximum Gasteiger partial charge on any atom is 0.418 e. The van der Waals surface area contributed by atoms with E-state index in [2.05, 4.69) is 9.97 Å². The Morgan fingerprint density at radius 1 is 1.00 bits per heavy atom. The highest BCUT2D eigenvalue weighted by Gasteiger charge is 2.44. The van der Waals surface area contributed by atoms with Crippen molar-refractivity contribution >= 4 is 11.0 Å². The zero-order chi connectivity index (χ0) is 21.6. The predicted molar refractivity (Wildman–Crippen MR) is 99.3 cm³/mol. The van der Waals surface area contributed by atoms with Crippen LogP contribution in [0.25, 0.3) is 22.4 Å². The topological polar surface area (TPSA) is 119 Å². The van der Waals surface area contributed by atoms with Gasteiger partial charge in [0.15, 0.2) is 0 Å². The number of nitrogens with one attached hydrogen (secondary N) is 1. The standard InChI is InChI=1S/C20H19F3N2O5/c21-20(22,23)11-5-2-6-12-14(11)25-19(24-12)10-4-1-3-9(7-10)18-17(29)16(28)15(27)13(8-26)30-18/h1-7,13,15-18,26-29H,8H2,(H,24,25)/t13-,15-,16+,17+,18-/m1/s1. The van der Waals surface area contributed by atoms with E-state index in [1.807, 2.05) is 0 Å². The number of ether oxygens (including phenoxy) is 1. The molecule has 3 aromatic rings. The number of benzene rings is 2. The molecule has 160 valence electrons. The zero-order valence-electron chi connectivity index (χ0n) is 15.4. The molecule has 2 aromatic carbocycles. The molecule has 5 N–H and O–H groups in total. The summed E-state index contributed by atoms with van der Waals surface area (Å²) >= 11 is 0. The summed E-state index contributed by atoms with van der Waals surface area (Å²) in [4.78, 5) is 6.96. The average molecular weight is 424 g/mol. The molecule has 1 aliphatic heterocycles. The van der Waals surface area contributed by atoms with Crippen LogP contribution in [0.5, 0.6) is 0 Å². The van der Waals surface area contributed by atoms with Crippen molar-refractivity contribution in [3.63, 3.8) is 0 Å². The van der Waals surface area contributed by atoms with Crippen LogP contribution in [-0.2, 0) is 10.9 Å². The minimum absolute atomic E-state index is 0.188. The highest BCUT2D eigenvalue weighted by atomic mass is 19.4. The van der Waals surface area contributed by atoms with Crippen LogP contribution in [0.4, 0.5) is 13.2 Å². The summed E-state index contributed by atoms with van der Waals surface area (Å²) in [5, 5.41) is 39.6. The summed E-state index contributed by atoms with van der Waals surface area (Å²) in [6.45, 7) is -0.565. The van der Waals surface area contributed by atoms with Gasteiger partial charge in [-0.2, -0.15) is 13.2 Å². The van der Waals surface area contributed by atoms with Gasteiger partial charge in [-0.05, 0) is 23.8 Å². The van der Waals surface area contributed by atoms with Crippen LogP contribution in [0.2, 0.25) is 0 Å². The summed E-state index contributed by atoms with van der Waals surface area (Å²) in [5.41, 5.74) is -0.00131. The maximum absolute atomic E-state index is 13.3. The number of fused-ring (bicyclic) bond motifs is 1. The lowest BCUT2D eigenvalue weighted by Crippen LogP contribution is -2.55. The van der Waals surface area contributed by atoms with Crippen LogP contribution in [0.3, 0.4) is 0 Å². The average Bonchev–Trinajstić information content (AvgIpc) is 3.16. The Morgan fingerprint density at radius 2 is 1.73 bits per heavy atom. The number of aromatic amines is 1. The molecule has 5 atom stereocenters. The normalized spacial score (nSPS) is 27.5. The lowest BCUT2D eigenvalue weighted by molar-refractivity contribution is -0.231. The van der Waals surface area contributed by atoms with E-state index in [-0.39, 0.29) is 16.9 Å². The van der Waals surface area contributed by atoms with Gasteiger partial charge in [0.25, 0.3) is 0 Å². The quantitative estimate of drug-likeness (QED) is 0.437. The highest BCUT2D eigenvalue weighted by Crippen LogP contribution is 2.36. The number of H-pyrrole nitrogens is 1. The van der Waals surface area contributed by atoms with Crippen molar-refractivity contribution in [1.82, 2.24) is 9.97 Å². The molecule has 10 heteroatoms. The second-order valence-corrected chi connectivity index (χ2v) is 7.16. The van der Waals surface area contributed by atoms with E-state index < -0.39 is 48.9 Å². The molecule has 1 aromatic heterocycles. The summed E-state index contributed by atoms with van der Waals surface area (Å²) in [7, 11) is 0. The van der Waals surface area contributed by atoms with Crippen molar-refractivity contribution in [1.29, 1.82) is 0 Å². The lowest BCUT2D eigenvalue weighted by Gasteiger charge is -2.40. The van der Waals surface area contributed by atoms with Crippen molar-refractivity contribution in [2.75, 3.05) is 6.61 Å². The van der Waals surface area contributed by atoms with Gasteiger partial charge < -0.3 is 30.1 Å². The molecule has 0 bridgehead atoms. The molecule has 0 saturated carbocycles. The third-order valence-corrected chi connectivity index (χ3v) is 5.20. The van der Waals surface area contributed by atoms with Gasteiger partial charge in [-0.15, -0.1) is 0 Å². The Labute approximate surface area is 168 Å². The van der Waals surface area contributed by atoms with Gasteiger partial charge in [0, 0.05) is 5.56 Å². The number of aromatic nitrogens is 2. The van der Waals surface area contributed by atoms with E-state index >= 15 is 0 Å². The molecule has 7 nitrogen and oxygen atoms in total. The van der Waals surface area contributed by atoms with Gasteiger partial charge in [-0.1, -0.05) is 24.3 Å². The van der Waals surface area contributed by atoms with Crippen molar-refractivity contribution in [3.05, 3.63) is 53.6 Å². The molecule has 1 aliphatic rings. The third-order valence-electron chi connectivity index (χ3n) is 5.20. The number of hydrogen-bond acceptors (Lipinski definition) is 6. The molecule has 0 amide bonds. The molecule has 1 fully saturated rings. The van der Waals surface area contributed by atoms with E-state index in [0.29, 0.717) is 11.1 Å². The van der Waals surface area contributed by atoms with Crippen molar-refractivity contribution in [2.24, 2.45) is 0 Å². The molecule has 0 spiro atoms. The molecular weight excluding hydrogens is 405 g/mol. The van der Waals surface area contributed by atoms with Gasteiger partial charge in [0.05, 0.1) is 17.7 Å². The molecular formula is C20H19F3N2O5. The molecule has 0 aliphatic carbocycles. The number of rotatable bonds is 3. The molecule has 1 saturated heterocycles. The van der Waals surface area contributed by atoms with Crippen molar-refractivity contribution in [2.45, 2.75) is 36.7 Å². The number of para-hydroxylation sites is 1. The Kier molecular flexibility index (Phi) is 5.28. The monoisotopic (exact) mass is 424 g/mol. The fraction of sp³-hybridized carbons (Fsp3) is 0.350. The Hall–Kier alpha value is -2.50. The summed E-state index contributed by atoms with van der Waals surface area (Å²) in [6.07, 6.45) is -11.2. The van der Waals surface area contributed by atoms with Gasteiger partial charge in [-0.25, -0.2) is 4.98 Å². The van der Waals surface area contributed by atoms with Gasteiger partial charge in [-0.3, -0.25) is 0 Å². The first-order chi connectivity index (χ1) is 14.2. The summed E-state index contributed by atoms with van der Waals surface area (Å²) in [6, 6.07) is 10.1. The number of halogens is 3. The van der Waals surface area contributed by atoms with Crippen molar-refractivity contribution < 1.29 is 38.3 Å². The van der Waals surface area contributed by atoms with E-state index in [1.54, 1.807) is 24.3 Å². The van der Waals surface area contributed by atoms with E-state index in [0.717, 1.165) is 6.07 Å². The summed E-state index contributed by atoms with van der Waals surface area (Å²) < 4.78 is 45.3. The SMILES string of the molecule is OC[C@H]1O[C@H](c2cccc(-c3nc4c(C(F)(F)F)cccc4[nH]3)c2)[C@@H](O)[C@@H](O)[C@@H]1O. The Bertz CT molecular complexity index is 1050. The van der Waals surface area contributed by atoms with Gasteiger partial charge in [0.2, 0.25) is 0 Å². The Morgan fingerprint density at radius 3 is 2.43 bits per heavy atom. The van der Waals surface area contributed by atoms with Crippen LogP contribution in [0.1, 0.15) is 17.2 Å². The molecule has 0 unspecified atom stereocenters. The van der Waals surface area contributed by atoms with E-state index in [4.69, 9.17) is 4.74 Å². The maximum atomic E-state index is 13.3. The summed E-state index contributed by atoms with van der Waals surface area (Å²) in [5.74, 6) is 0.188. The lowest BCUT2D eigenvalue weighted by atomic mass is 9.90. The van der Waals surface area contributed by atoms with Crippen LogP contribution in [-0.4, -0.2) is 61.4 Å². The Balaban J connectivity index is 1.72. The smallest absolute Gasteiger partial charge is 0.394 e. The molecule has 2 heterocycles. The number of aliphatic hydroxyl groups is 4. The third kappa shape index (κ3) is 3.57. The van der Waals surface area contributed by atoms with Crippen LogP contribution < -0.4 is 0 Å². The number of aliphatic hydroxyl groups excluding tert-OH is 4. The zero-order valence-corrected chi connectivity index (χ0v) is 15.4. The van der Waals surface area contributed by atoms with Gasteiger partial charge >= 0.3 is 6.18 Å². The van der Waals surface area contributed by atoms with E-state index in [1.165, 1.54) is 12.1 Å². The van der Waals surface area contributed by atoms with E-state index in [9.17, 15) is 33.6 Å². The largest absolute Gasteiger partial charge is 0.418 e. The number of imidazole rings is 1. The predicted octanol–water partition coefficient (Wildman–Crippen LogP) is 1.76. The number of alkyl halides is 3. The fourth-order valence-electron chi connectivity index (χ4n) is 3.64. The van der Waals surface area contributed by atoms with Gasteiger partial charge in [0.1, 0.15) is 41.9 Å². The minimum atomic E-state index is -4.55. The second-order valence-electron chi connectivity index (χ2n) is 7.16.